The van der Waals surface area contributed by atoms with Gasteiger partial charge in [-0.3, -0.25) is 4.79 Å². The van der Waals surface area contributed by atoms with Crippen LogP contribution in [0.25, 0.3) is 12.2 Å². The maximum Gasteiger partial charge on any atom is 0.337 e. The Morgan fingerprint density at radius 3 is 2.62 bits per heavy atom. The Bertz CT molecular complexity index is 840. The number of carbonyl (C=O) groups is 2. The number of carbonyl (C=O) groups excluding carboxylic acids is 2. The minimum Gasteiger partial charge on any atom is -0.482 e. The zero-order valence-corrected chi connectivity index (χ0v) is 15.5. The number of benzene rings is 2. The summed E-state index contributed by atoms with van der Waals surface area (Å²) in [5.41, 5.74) is 4.12. The molecule has 0 saturated carbocycles. The van der Waals surface area contributed by atoms with Crippen molar-refractivity contribution in [1.29, 1.82) is 0 Å². The third-order valence-electron chi connectivity index (χ3n) is 3.78. The van der Waals surface area contributed by atoms with Crippen molar-refractivity contribution < 1.29 is 19.1 Å². The van der Waals surface area contributed by atoms with E-state index < -0.39 is 0 Å². The highest BCUT2D eigenvalue weighted by Gasteiger charge is 2.15. The molecule has 0 saturated heterocycles. The molecule has 1 aliphatic heterocycles. The van der Waals surface area contributed by atoms with Crippen molar-refractivity contribution in [3.05, 3.63) is 58.7 Å². The normalized spacial score (nSPS) is 12.4. The first-order valence-corrected chi connectivity index (χ1v) is 8.50. The van der Waals surface area contributed by atoms with Gasteiger partial charge in [0.25, 0.3) is 5.91 Å². The number of hydrogen-bond acceptors (Lipinski definition) is 4. The molecule has 0 fully saturated rings. The van der Waals surface area contributed by atoms with Crippen molar-refractivity contribution in [2.75, 3.05) is 19.0 Å². The van der Waals surface area contributed by atoms with E-state index in [1.165, 1.54) is 7.11 Å². The van der Waals surface area contributed by atoms with Crippen molar-refractivity contribution in [1.82, 2.24) is 0 Å². The number of ether oxygens (including phenoxy) is 2. The van der Waals surface area contributed by atoms with E-state index in [1.54, 1.807) is 12.1 Å². The number of nitrogens with one attached hydrogen (secondary N) is 1. The van der Waals surface area contributed by atoms with Crippen LogP contribution in [0.3, 0.4) is 0 Å². The Balaban J connectivity index is 0.00000117. The summed E-state index contributed by atoms with van der Waals surface area (Å²) in [7, 11) is 1.37. The fourth-order valence-corrected chi connectivity index (χ4v) is 2.50. The Hall–Kier alpha value is -3.08. The van der Waals surface area contributed by atoms with Gasteiger partial charge in [0, 0.05) is 0 Å². The molecule has 3 rings (SSSR count). The molecule has 5 nitrogen and oxygen atoms in total. The Morgan fingerprint density at radius 1 is 1.15 bits per heavy atom. The molecule has 2 aromatic rings. The zero-order valence-electron chi connectivity index (χ0n) is 15.5. The lowest BCUT2D eigenvalue weighted by atomic mass is 10.0. The van der Waals surface area contributed by atoms with Crippen molar-refractivity contribution >= 4 is 29.7 Å². The molecular weight excluding hydrogens is 330 g/mol. The van der Waals surface area contributed by atoms with Gasteiger partial charge in [0.05, 0.1) is 18.4 Å². The molecule has 26 heavy (non-hydrogen) atoms. The first kappa shape index (κ1) is 19.2. The third-order valence-corrected chi connectivity index (χ3v) is 3.78. The minimum absolute atomic E-state index is 0.0495. The van der Waals surface area contributed by atoms with Crippen molar-refractivity contribution in [2.45, 2.75) is 20.8 Å². The molecule has 1 N–H and O–H groups in total. The fraction of sp³-hybridized carbons (Fsp3) is 0.238. The Labute approximate surface area is 153 Å². The van der Waals surface area contributed by atoms with Gasteiger partial charge in [0.1, 0.15) is 5.75 Å². The summed E-state index contributed by atoms with van der Waals surface area (Å²) in [5.74, 6) is 0.169. The monoisotopic (exact) mass is 353 g/mol. The van der Waals surface area contributed by atoms with Gasteiger partial charge in [-0.15, -0.1) is 0 Å². The number of fused-ring (bicyclic) bond motifs is 1. The highest BCUT2D eigenvalue weighted by molar-refractivity contribution is 5.96. The van der Waals surface area contributed by atoms with E-state index in [4.69, 9.17) is 9.47 Å². The molecule has 1 heterocycles. The summed E-state index contributed by atoms with van der Waals surface area (Å²) in [6, 6.07) is 11.0. The third kappa shape index (κ3) is 4.51. The van der Waals surface area contributed by atoms with Crippen LogP contribution in [0.15, 0.2) is 36.4 Å². The standard InChI is InChI=1S/C19H17NO4.C2H6/c1-12-9-15(19(22)23-2)7-6-14(12)5-3-13-4-8-17-16(10-13)20-18(21)11-24-17;1-2/h3-10H,11H2,1-2H3,(H,20,21);1-2H3/b5-3+;. The summed E-state index contributed by atoms with van der Waals surface area (Å²) in [5, 5.41) is 2.79. The van der Waals surface area contributed by atoms with Crippen LogP contribution in [0.4, 0.5) is 5.69 Å². The van der Waals surface area contributed by atoms with Crippen molar-refractivity contribution in [2.24, 2.45) is 0 Å². The molecule has 0 atom stereocenters. The van der Waals surface area contributed by atoms with Crippen LogP contribution in [0, 0.1) is 6.92 Å². The largest absolute Gasteiger partial charge is 0.482 e. The van der Waals surface area contributed by atoms with Crippen LogP contribution in [0.5, 0.6) is 5.75 Å². The summed E-state index contributed by atoms with van der Waals surface area (Å²) < 4.78 is 10.1. The van der Waals surface area contributed by atoms with Crippen LogP contribution in [-0.4, -0.2) is 25.6 Å². The summed E-state index contributed by atoms with van der Waals surface area (Å²) in [4.78, 5) is 22.9. The number of hydrogen-bond donors (Lipinski definition) is 1. The molecule has 0 unspecified atom stereocenters. The molecule has 0 aliphatic carbocycles. The van der Waals surface area contributed by atoms with Gasteiger partial charge in [0.2, 0.25) is 0 Å². The van der Waals surface area contributed by atoms with Crippen LogP contribution in [0.1, 0.15) is 40.9 Å². The highest BCUT2D eigenvalue weighted by atomic mass is 16.5. The number of methoxy groups -OCH3 is 1. The molecule has 5 heteroatoms. The lowest BCUT2D eigenvalue weighted by Gasteiger charge is -2.17. The van der Waals surface area contributed by atoms with Gasteiger partial charge in [-0.1, -0.05) is 38.1 Å². The highest BCUT2D eigenvalue weighted by Crippen LogP contribution is 2.29. The summed E-state index contributed by atoms with van der Waals surface area (Å²) >= 11 is 0. The Morgan fingerprint density at radius 2 is 1.92 bits per heavy atom. The molecule has 1 aliphatic rings. The van der Waals surface area contributed by atoms with Gasteiger partial charge >= 0.3 is 5.97 Å². The SMILES string of the molecule is CC.COC(=O)c1ccc(/C=C/c2ccc3c(c2)NC(=O)CO3)c(C)c1. The predicted molar refractivity (Wildman–Crippen MR) is 103 cm³/mol. The van der Waals surface area contributed by atoms with Gasteiger partial charge in [-0.2, -0.15) is 0 Å². The van der Waals surface area contributed by atoms with Gasteiger partial charge in [-0.25, -0.2) is 4.79 Å². The van der Waals surface area contributed by atoms with Crippen LogP contribution in [-0.2, 0) is 9.53 Å². The van der Waals surface area contributed by atoms with E-state index in [-0.39, 0.29) is 18.5 Å². The topological polar surface area (TPSA) is 64.6 Å². The smallest absolute Gasteiger partial charge is 0.337 e. The van der Waals surface area contributed by atoms with Gasteiger partial charge in [-0.05, 0) is 47.9 Å². The lowest BCUT2D eigenvalue weighted by Crippen LogP contribution is -2.25. The van der Waals surface area contributed by atoms with E-state index >= 15 is 0 Å². The number of amides is 1. The van der Waals surface area contributed by atoms with E-state index in [0.29, 0.717) is 17.0 Å². The van der Waals surface area contributed by atoms with E-state index in [1.807, 2.05) is 57.2 Å². The average molecular weight is 353 g/mol. The average Bonchev–Trinajstić information content (AvgIpc) is 2.67. The number of esters is 1. The number of aryl methyl sites for hydroxylation is 1. The maximum absolute atomic E-state index is 11.5. The molecule has 0 bridgehead atoms. The number of anilines is 1. The minimum atomic E-state index is -0.348. The predicted octanol–water partition coefficient (Wildman–Crippen LogP) is 4.31. The van der Waals surface area contributed by atoms with E-state index in [0.717, 1.165) is 16.7 Å². The molecule has 136 valence electrons. The quantitative estimate of drug-likeness (QED) is 0.660. The second kappa shape index (κ2) is 8.85. The van der Waals surface area contributed by atoms with Gasteiger partial charge in [0.15, 0.2) is 6.61 Å². The van der Waals surface area contributed by atoms with E-state index in [2.05, 4.69) is 5.32 Å². The molecular formula is C21H23NO4. The molecule has 0 radical (unpaired) electrons. The second-order valence-electron chi connectivity index (χ2n) is 5.49. The van der Waals surface area contributed by atoms with Crippen LogP contribution in [0.2, 0.25) is 0 Å². The maximum atomic E-state index is 11.5. The van der Waals surface area contributed by atoms with Gasteiger partial charge < -0.3 is 14.8 Å². The summed E-state index contributed by atoms with van der Waals surface area (Å²) in [6.07, 6.45) is 3.91. The Kier molecular flexibility index (Phi) is 6.55. The molecule has 0 spiro atoms. The lowest BCUT2D eigenvalue weighted by molar-refractivity contribution is -0.118. The number of rotatable bonds is 3. The van der Waals surface area contributed by atoms with Crippen molar-refractivity contribution in [3.8, 4) is 5.75 Å². The fourth-order valence-electron chi connectivity index (χ4n) is 2.50. The molecule has 1 amide bonds. The van der Waals surface area contributed by atoms with Crippen LogP contribution < -0.4 is 10.1 Å². The van der Waals surface area contributed by atoms with Crippen molar-refractivity contribution in [3.63, 3.8) is 0 Å². The van der Waals surface area contributed by atoms with Crippen LogP contribution >= 0.6 is 0 Å². The van der Waals surface area contributed by atoms with E-state index in [9.17, 15) is 9.59 Å². The summed E-state index contributed by atoms with van der Waals surface area (Å²) in [6.45, 7) is 5.99. The molecule has 2 aromatic carbocycles. The first-order chi connectivity index (χ1) is 12.6. The first-order valence-electron chi connectivity index (χ1n) is 8.50. The second-order valence-corrected chi connectivity index (χ2v) is 5.49. The zero-order chi connectivity index (χ0) is 19.1. The molecule has 0 aromatic heterocycles.